The number of ether oxygens (including phenoxy) is 4. The fourth-order valence-corrected chi connectivity index (χ4v) is 11.5. The lowest BCUT2D eigenvalue weighted by atomic mass is 9.80. The van der Waals surface area contributed by atoms with Gasteiger partial charge in [0.15, 0.2) is 5.71 Å². The van der Waals surface area contributed by atoms with Crippen molar-refractivity contribution in [2.24, 2.45) is 0 Å². The topological polar surface area (TPSA) is 139 Å². The molecule has 2 amide bonds. The number of carbonyl (C=O) groups is 2. The third-order valence-electron chi connectivity index (χ3n) is 15.2. The van der Waals surface area contributed by atoms with Gasteiger partial charge in [0, 0.05) is 75.7 Å². The van der Waals surface area contributed by atoms with E-state index in [1.165, 1.54) is 67.9 Å². The minimum atomic E-state index is -0.376. The van der Waals surface area contributed by atoms with E-state index in [9.17, 15) is 9.59 Å². The second kappa shape index (κ2) is 27.8. The molecule has 3 N–H and O–H groups in total. The van der Waals surface area contributed by atoms with Crippen LogP contribution in [0.3, 0.4) is 0 Å². The molecule has 9 rings (SSSR count). The Morgan fingerprint density at radius 3 is 2.16 bits per heavy atom. The summed E-state index contributed by atoms with van der Waals surface area (Å²) in [5.41, 5.74) is 9.53. The van der Waals surface area contributed by atoms with E-state index in [-0.39, 0.29) is 29.3 Å². The van der Waals surface area contributed by atoms with Crippen LogP contribution >= 0.6 is 15.9 Å². The summed E-state index contributed by atoms with van der Waals surface area (Å²) in [7, 11) is 0. The van der Waals surface area contributed by atoms with Crippen LogP contribution in [0.2, 0.25) is 0 Å². The van der Waals surface area contributed by atoms with E-state index < -0.39 is 0 Å². The first-order valence-electron chi connectivity index (χ1n) is 28.5. The number of aromatic nitrogens is 2. The lowest BCUT2D eigenvalue weighted by Gasteiger charge is -2.26. The van der Waals surface area contributed by atoms with E-state index in [4.69, 9.17) is 18.9 Å². The van der Waals surface area contributed by atoms with E-state index >= 15 is 0 Å². The van der Waals surface area contributed by atoms with Crippen molar-refractivity contribution < 1.29 is 33.1 Å². The molecule has 0 saturated carbocycles. The fraction of sp³-hybridized carbons (Fsp3) is 0.309. The molecule has 7 aromatic rings. The Morgan fingerprint density at radius 2 is 1.40 bits per heavy atom. The summed E-state index contributed by atoms with van der Waals surface area (Å²) in [4.78, 5) is 36.5. The average molecular weight is 1170 g/mol. The number of benzene rings is 6. The number of likely N-dealkylation sites (N-methyl/N-ethyl adjacent to an activating group) is 1. The Hall–Kier alpha value is -7.75. The molecule has 13 nitrogen and oxygen atoms in total. The number of unbranched alkanes of at least 4 members (excludes halogenated alkanes) is 2. The van der Waals surface area contributed by atoms with Gasteiger partial charge < -0.3 is 39.8 Å². The largest absolute Gasteiger partial charge is 0.489 e. The monoisotopic (exact) mass is 1160 g/mol. The van der Waals surface area contributed by atoms with Crippen molar-refractivity contribution in [2.75, 3.05) is 81.4 Å². The van der Waals surface area contributed by atoms with Crippen molar-refractivity contribution in [1.29, 1.82) is 0 Å². The first-order valence-corrected chi connectivity index (χ1v) is 29.2. The number of allylic oxidation sites excluding steroid dienone is 8. The highest BCUT2D eigenvalue weighted by Crippen LogP contribution is 2.51. The minimum Gasteiger partial charge on any atom is -0.489 e. The summed E-state index contributed by atoms with van der Waals surface area (Å²) in [6, 6.07) is 37.7. The highest BCUT2D eigenvalue weighted by atomic mass is 79.9. The first-order chi connectivity index (χ1) is 39.9. The van der Waals surface area contributed by atoms with Gasteiger partial charge in [0.1, 0.15) is 31.0 Å². The van der Waals surface area contributed by atoms with Crippen molar-refractivity contribution in [2.45, 2.75) is 71.1 Å². The second-order valence-electron chi connectivity index (χ2n) is 21.3. The van der Waals surface area contributed by atoms with Gasteiger partial charge in [0.05, 0.1) is 67.3 Å². The predicted octanol–water partition coefficient (Wildman–Crippen LogP) is 14.1. The molecule has 0 fully saturated rings. The lowest BCUT2D eigenvalue weighted by molar-refractivity contribution is -0.436. The van der Waals surface area contributed by atoms with Crippen molar-refractivity contribution in [1.82, 2.24) is 15.3 Å². The van der Waals surface area contributed by atoms with Gasteiger partial charge in [-0.3, -0.25) is 9.59 Å². The summed E-state index contributed by atoms with van der Waals surface area (Å²) < 4.78 is 26.6. The first kappa shape index (κ1) is 58.9. The van der Waals surface area contributed by atoms with Crippen LogP contribution in [-0.2, 0) is 34.6 Å². The van der Waals surface area contributed by atoms with Crippen LogP contribution in [0.25, 0.3) is 32.4 Å². The van der Waals surface area contributed by atoms with Gasteiger partial charge in [0.2, 0.25) is 17.5 Å². The number of carbonyl (C=O) groups excluding carboxylic acids is 2. The van der Waals surface area contributed by atoms with Crippen LogP contribution in [0, 0.1) is 0 Å². The number of fused-ring (bicyclic) bond motifs is 7. The molecule has 1 aromatic heterocycles. The van der Waals surface area contributed by atoms with Gasteiger partial charge in [-0.25, -0.2) is 9.97 Å². The molecule has 3 heterocycles. The highest BCUT2D eigenvalue weighted by Gasteiger charge is 2.45. The summed E-state index contributed by atoms with van der Waals surface area (Å²) in [6.07, 6.45) is 21.1. The molecule has 2 aliphatic rings. The summed E-state index contributed by atoms with van der Waals surface area (Å²) in [5.74, 6) is 0.675. The van der Waals surface area contributed by atoms with Gasteiger partial charge >= 0.3 is 0 Å². The second-order valence-corrected chi connectivity index (χ2v) is 22.3. The smallest absolute Gasteiger partial charge is 0.247 e. The fourth-order valence-electron chi connectivity index (χ4n) is 11.1. The van der Waals surface area contributed by atoms with Gasteiger partial charge in [-0.2, -0.15) is 4.58 Å². The standard InChI is InChI=1S/C68H74BrN7O6/c1-7-62(77)74-58-45-54-57(71-47-72-66(54)73-51-25-21-24-50(69)44-51)46-59(58)82-43-42-81-41-40-80-39-38-79-37-35-70-63(78)30-15-12-20-36-76-61(68(5,6)56-34-32-49-23-17-19-27-53(49)65(56)76)29-14-11-9-10-13-28-60-67(3,4)55-33-31-48-22-16-18-26-52(48)64(55)75(60)8-2/h7,9-11,13-14,16-19,21-29,31-34,44-47H,1,8,12,15,20,30,35-43H2,2-6H3,(H2-,70,71,72,73,74,77,78)/p+1. The molecule has 0 unspecified atom stereocenters. The van der Waals surface area contributed by atoms with Gasteiger partial charge in [-0.1, -0.05) is 140 Å². The number of hydrogen-bond acceptors (Lipinski definition) is 10. The number of anilines is 4. The van der Waals surface area contributed by atoms with Crippen LogP contribution in [0.15, 0.2) is 181 Å². The Kier molecular flexibility index (Phi) is 20.0. The third-order valence-corrected chi connectivity index (χ3v) is 15.7. The van der Waals surface area contributed by atoms with E-state index in [1.54, 1.807) is 12.1 Å². The molecular formula is C68H75BrN7O6+. The number of nitrogens with zero attached hydrogens (tertiary/aromatic N) is 4. The molecule has 82 heavy (non-hydrogen) atoms. The Morgan fingerprint density at radius 1 is 0.707 bits per heavy atom. The Labute approximate surface area is 490 Å². The number of hydrogen-bond donors (Lipinski definition) is 3. The summed E-state index contributed by atoms with van der Waals surface area (Å²) in [6.45, 7) is 19.8. The quantitative estimate of drug-likeness (QED) is 0.0188. The molecule has 0 spiro atoms. The number of nitrogens with one attached hydrogen (secondary N) is 3. The molecule has 424 valence electrons. The number of rotatable bonds is 28. The maximum atomic E-state index is 12.8. The highest BCUT2D eigenvalue weighted by molar-refractivity contribution is 9.10. The molecule has 0 atom stereocenters. The van der Waals surface area contributed by atoms with Gasteiger partial charge in [-0.05, 0) is 92.4 Å². The third kappa shape index (κ3) is 13.9. The number of amides is 2. The normalized spacial score (nSPS) is 15.0. The van der Waals surface area contributed by atoms with E-state index in [0.29, 0.717) is 80.8 Å². The molecule has 14 heteroatoms. The van der Waals surface area contributed by atoms with E-state index in [2.05, 4.69) is 208 Å². The van der Waals surface area contributed by atoms with Crippen LogP contribution < -0.4 is 25.6 Å². The van der Waals surface area contributed by atoms with Gasteiger partial charge in [-0.15, -0.1) is 0 Å². The van der Waals surface area contributed by atoms with E-state index in [1.807, 2.05) is 24.3 Å². The Bertz CT molecular complexity index is 3600. The van der Waals surface area contributed by atoms with Crippen LogP contribution in [0.1, 0.15) is 71.4 Å². The zero-order valence-corrected chi connectivity index (χ0v) is 49.4. The minimum absolute atomic E-state index is 0.0337. The summed E-state index contributed by atoms with van der Waals surface area (Å²) in [5, 5.41) is 14.9. The number of halogens is 1. The maximum Gasteiger partial charge on any atom is 0.247 e. The van der Waals surface area contributed by atoms with E-state index in [0.717, 1.165) is 42.5 Å². The van der Waals surface area contributed by atoms with Crippen LogP contribution in [-0.4, -0.2) is 98.0 Å². The molecule has 0 bridgehead atoms. The molecule has 6 aromatic carbocycles. The van der Waals surface area contributed by atoms with Crippen molar-refractivity contribution >= 4 is 94.5 Å². The average Bonchev–Trinajstić information content (AvgIpc) is 3.17. The predicted molar refractivity (Wildman–Crippen MR) is 337 cm³/mol. The van der Waals surface area contributed by atoms with Crippen LogP contribution in [0.5, 0.6) is 5.75 Å². The summed E-state index contributed by atoms with van der Waals surface area (Å²) >= 11 is 3.50. The lowest BCUT2D eigenvalue weighted by Crippen LogP contribution is -2.28. The van der Waals surface area contributed by atoms with Crippen LogP contribution in [0.4, 0.5) is 28.6 Å². The zero-order valence-electron chi connectivity index (χ0n) is 47.8. The molecular weight excluding hydrogens is 1090 g/mol. The maximum absolute atomic E-state index is 12.8. The van der Waals surface area contributed by atoms with Crippen molar-refractivity contribution in [3.05, 3.63) is 192 Å². The van der Waals surface area contributed by atoms with Crippen molar-refractivity contribution in [3.63, 3.8) is 0 Å². The molecule has 2 aliphatic heterocycles. The van der Waals surface area contributed by atoms with Crippen molar-refractivity contribution in [3.8, 4) is 5.75 Å². The molecule has 0 aliphatic carbocycles. The zero-order chi connectivity index (χ0) is 57.5. The Balaban J connectivity index is 0.677. The van der Waals surface area contributed by atoms with Gasteiger partial charge in [0.25, 0.3) is 0 Å². The SMILES string of the molecule is C=CC(=O)Nc1cc2c(Nc3cccc(Br)c3)ncnc2cc1OCCOCCOCCOCCNC(=O)CCCCC[N+]1=C(/C=C/C=C/C=C/C=C2\N(CC)c3c(ccc4ccccc34)C2(C)C)C(C)(C)c2ccc3ccccc3c21. The molecule has 0 saturated heterocycles. The molecule has 0 radical (unpaired) electrons.